The van der Waals surface area contributed by atoms with E-state index in [4.69, 9.17) is 16.3 Å². The largest absolute Gasteiger partial charge is 0.444 e. The molecular weight excluding hydrogens is 422 g/mol. The zero-order chi connectivity index (χ0) is 19.5. The lowest BCUT2D eigenvalue weighted by atomic mass is 10.1. The first-order chi connectivity index (χ1) is 12.0. The molecule has 1 aliphatic heterocycles. The summed E-state index contributed by atoms with van der Waals surface area (Å²) in [6, 6.07) is 3.45. The van der Waals surface area contributed by atoms with Gasteiger partial charge < -0.3 is 20.3 Å². The molecule has 1 aromatic rings. The van der Waals surface area contributed by atoms with Gasteiger partial charge in [0, 0.05) is 29.3 Å². The molecule has 144 valence electrons. The van der Waals surface area contributed by atoms with Crippen molar-refractivity contribution in [1.29, 1.82) is 0 Å². The summed E-state index contributed by atoms with van der Waals surface area (Å²) in [5.41, 5.74) is 1.10. The normalized spacial score (nSPS) is 15.5. The number of urea groups is 1. The smallest absolute Gasteiger partial charge is 0.407 e. The molecule has 1 aromatic carbocycles. The fourth-order valence-corrected chi connectivity index (χ4v) is 3.30. The Morgan fingerprint density at radius 1 is 1.27 bits per heavy atom. The Labute approximate surface area is 167 Å². The molecule has 1 aliphatic rings. The van der Waals surface area contributed by atoms with Gasteiger partial charge in [-0.1, -0.05) is 11.6 Å². The van der Waals surface area contributed by atoms with Crippen LogP contribution in [0.5, 0.6) is 0 Å². The van der Waals surface area contributed by atoms with Gasteiger partial charge >= 0.3 is 12.1 Å². The standard InChI is InChI=1S/C18H25BrClN3O3/c1-11-9-13(19)14(20)10-15(11)22-16(24)23-7-5-12(6-8-23)21-17(25)26-18(2,3)4/h9-10,12H,5-8H2,1-4H3,(H,21,25)(H,22,24). The van der Waals surface area contributed by atoms with Gasteiger partial charge in [0.1, 0.15) is 5.60 Å². The Morgan fingerprint density at radius 2 is 1.88 bits per heavy atom. The van der Waals surface area contributed by atoms with Crippen LogP contribution < -0.4 is 10.6 Å². The lowest BCUT2D eigenvalue weighted by molar-refractivity contribution is 0.0486. The van der Waals surface area contributed by atoms with Crippen LogP contribution in [0.2, 0.25) is 5.02 Å². The maximum atomic E-state index is 12.5. The third-order valence-electron chi connectivity index (χ3n) is 4.01. The van der Waals surface area contributed by atoms with Gasteiger partial charge in [0.25, 0.3) is 0 Å². The molecule has 3 amide bonds. The molecular formula is C18H25BrClN3O3. The molecule has 0 atom stereocenters. The summed E-state index contributed by atoms with van der Waals surface area (Å²) >= 11 is 9.47. The first-order valence-electron chi connectivity index (χ1n) is 8.56. The second kappa shape index (κ2) is 8.48. The number of nitrogens with one attached hydrogen (secondary N) is 2. The monoisotopic (exact) mass is 445 g/mol. The van der Waals surface area contributed by atoms with Crippen LogP contribution in [-0.4, -0.2) is 41.8 Å². The minimum absolute atomic E-state index is 0.0118. The van der Waals surface area contributed by atoms with Crippen molar-refractivity contribution in [3.05, 3.63) is 27.2 Å². The number of rotatable bonds is 2. The molecule has 0 saturated carbocycles. The van der Waals surface area contributed by atoms with Crippen molar-refractivity contribution in [1.82, 2.24) is 10.2 Å². The first kappa shape index (κ1) is 20.8. The third kappa shape index (κ3) is 6.06. The van der Waals surface area contributed by atoms with Gasteiger partial charge in [-0.25, -0.2) is 9.59 Å². The number of aryl methyl sites for hydroxylation is 1. The highest BCUT2D eigenvalue weighted by molar-refractivity contribution is 9.10. The van der Waals surface area contributed by atoms with Gasteiger partial charge in [0.05, 0.1) is 5.02 Å². The average molecular weight is 447 g/mol. The van der Waals surface area contributed by atoms with Gasteiger partial charge in [-0.2, -0.15) is 0 Å². The SMILES string of the molecule is Cc1cc(Br)c(Cl)cc1NC(=O)N1CCC(NC(=O)OC(C)(C)C)CC1. The minimum atomic E-state index is -0.519. The van der Waals surface area contributed by atoms with Crippen LogP contribution in [0, 0.1) is 6.92 Å². The van der Waals surface area contributed by atoms with Crippen LogP contribution >= 0.6 is 27.5 Å². The second-order valence-corrected chi connectivity index (χ2v) is 8.68. The van der Waals surface area contributed by atoms with E-state index in [9.17, 15) is 9.59 Å². The van der Waals surface area contributed by atoms with Crippen LogP contribution in [0.1, 0.15) is 39.2 Å². The number of benzene rings is 1. The maximum absolute atomic E-state index is 12.5. The molecule has 1 heterocycles. The summed E-state index contributed by atoms with van der Waals surface area (Å²) in [6.45, 7) is 8.53. The number of carbonyl (C=O) groups is 2. The molecule has 2 rings (SSSR count). The molecule has 2 N–H and O–H groups in total. The van der Waals surface area contributed by atoms with E-state index in [1.807, 2.05) is 33.8 Å². The van der Waals surface area contributed by atoms with Gasteiger partial charge in [-0.05, 0) is 74.2 Å². The molecule has 0 unspecified atom stereocenters. The number of hydrogen-bond acceptors (Lipinski definition) is 3. The van der Waals surface area contributed by atoms with Crippen molar-refractivity contribution in [3.63, 3.8) is 0 Å². The molecule has 26 heavy (non-hydrogen) atoms. The average Bonchev–Trinajstić information content (AvgIpc) is 2.51. The van der Waals surface area contributed by atoms with Gasteiger partial charge in [0.15, 0.2) is 0 Å². The third-order valence-corrected chi connectivity index (χ3v) is 5.21. The summed E-state index contributed by atoms with van der Waals surface area (Å²) in [7, 11) is 0. The zero-order valence-electron chi connectivity index (χ0n) is 15.5. The summed E-state index contributed by atoms with van der Waals surface area (Å²) in [6.07, 6.45) is 0.958. The number of likely N-dealkylation sites (tertiary alicyclic amines) is 1. The Kier molecular flexibility index (Phi) is 6.80. The van der Waals surface area contributed by atoms with Crippen LogP contribution in [0.4, 0.5) is 15.3 Å². The number of halogens is 2. The topological polar surface area (TPSA) is 70.7 Å². The van der Waals surface area contributed by atoms with E-state index in [0.29, 0.717) is 36.6 Å². The number of hydrogen-bond donors (Lipinski definition) is 2. The Hall–Kier alpha value is -1.47. The number of ether oxygens (including phenoxy) is 1. The van der Waals surface area contributed by atoms with Crippen molar-refractivity contribution in [2.75, 3.05) is 18.4 Å². The van der Waals surface area contributed by atoms with Crippen LogP contribution in [0.25, 0.3) is 0 Å². The summed E-state index contributed by atoms with van der Waals surface area (Å²) < 4.78 is 6.06. The van der Waals surface area contributed by atoms with Crippen molar-refractivity contribution < 1.29 is 14.3 Å². The highest BCUT2D eigenvalue weighted by Crippen LogP contribution is 2.29. The quantitative estimate of drug-likeness (QED) is 0.676. The second-order valence-electron chi connectivity index (χ2n) is 7.42. The number of nitrogens with zero attached hydrogens (tertiary/aromatic N) is 1. The Balaban J connectivity index is 1.85. The Morgan fingerprint density at radius 3 is 2.46 bits per heavy atom. The highest BCUT2D eigenvalue weighted by atomic mass is 79.9. The predicted octanol–water partition coefficient (Wildman–Crippen LogP) is 4.93. The number of piperidine rings is 1. The minimum Gasteiger partial charge on any atom is -0.444 e. The summed E-state index contributed by atoms with van der Waals surface area (Å²) in [5.74, 6) is 0. The fourth-order valence-electron chi connectivity index (χ4n) is 2.68. The molecule has 1 saturated heterocycles. The molecule has 6 nitrogen and oxygen atoms in total. The van der Waals surface area contributed by atoms with Gasteiger partial charge in [0.2, 0.25) is 0 Å². The molecule has 0 bridgehead atoms. The van der Waals surface area contributed by atoms with E-state index in [0.717, 1.165) is 10.0 Å². The number of carbonyl (C=O) groups excluding carboxylic acids is 2. The predicted molar refractivity (Wildman–Crippen MR) is 107 cm³/mol. The molecule has 1 fully saturated rings. The summed E-state index contributed by atoms with van der Waals surface area (Å²) in [4.78, 5) is 26.1. The summed E-state index contributed by atoms with van der Waals surface area (Å²) in [5, 5.41) is 6.32. The van der Waals surface area contributed by atoms with Gasteiger partial charge in [-0.3, -0.25) is 0 Å². The highest BCUT2D eigenvalue weighted by Gasteiger charge is 2.26. The molecule has 0 aliphatic carbocycles. The Bertz CT molecular complexity index is 683. The van der Waals surface area contributed by atoms with E-state index in [1.165, 1.54) is 0 Å². The van der Waals surface area contributed by atoms with Crippen LogP contribution in [0.15, 0.2) is 16.6 Å². The van der Waals surface area contributed by atoms with E-state index in [2.05, 4.69) is 26.6 Å². The van der Waals surface area contributed by atoms with E-state index in [1.54, 1.807) is 11.0 Å². The fraction of sp³-hybridized carbons (Fsp3) is 0.556. The number of amides is 3. The van der Waals surface area contributed by atoms with Crippen LogP contribution in [0.3, 0.4) is 0 Å². The van der Waals surface area contributed by atoms with E-state index in [-0.39, 0.29) is 12.1 Å². The molecule has 0 aromatic heterocycles. The van der Waals surface area contributed by atoms with Crippen molar-refractivity contribution in [2.45, 2.75) is 52.2 Å². The zero-order valence-corrected chi connectivity index (χ0v) is 17.8. The first-order valence-corrected chi connectivity index (χ1v) is 9.73. The molecule has 8 heteroatoms. The van der Waals surface area contributed by atoms with E-state index < -0.39 is 11.7 Å². The maximum Gasteiger partial charge on any atom is 0.407 e. The lowest BCUT2D eigenvalue weighted by Gasteiger charge is -2.33. The number of alkyl carbamates (subject to hydrolysis) is 1. The van der Waals surface area contributed by atoms with Gasteiger partial charge in [-0.15, -0.1) is 0 Å². The molecule has 0 radical (unpaired) electrons. The van der Waals surface area contributed by atoms with Crippen LogP contribution in [-0.2, 0) is 4.74 Å². The van der Waals surface area contributed by atoms with Crippen molar-refractivity contribution >= 4 is 45.3 Å². The lowest BCUT2D eigenvalue weighted by Crippen LogP contribution is -2.48. The number of anilines is 1. The van der Waals surface area contributed by atoms with E-state index >= 15 is 0 Å². The van der Waals surface area contributed by atoms with Crippen molar-refractivity contribution in [2.24, 2.45) is 0 Å². The molecule has 0 spiro atoms. The van der Waals surface area contributed by atoms with Crippen molar-refractivity contribution in [3.8, 4) is 0 Å².